The van der Waals surface area contributed by atoms with Crippen molar-refractivity contribution < 1.29 is 14.3 Å². The van der Waals surface area contributed by atoms with E-state index in [4.69, 9.17) is 9.47 Å². The average Bonchev–Trinajstić information content (AvgIpc) is 2.47. The summed E-state index contributed by atoms with van der Waals surface area (Å²) in [6.07, 6.45) is 1.55. The lowest BCUT2D eigenvalue weighted by molar-refractivity contribution is -0.127. The SMILES string of the molecule is COCCNC(=O)C(C)Oc1cccc2c1CCCN2. The van der Waals surface area contributed by atoms with Crippen LogP contribution in [0, 0.1) is 0 Å². The summed E-state index contributed by atoms with van der Waals surface area (Å²) >= 11 is 0. The zero-order valence-corrected chi connectivity index (χ0v) is 12.1. The van der Waals surface area contributed by atoms with E-state index in [2.05, 4.69) is 10.6 Å². The number of fused-ring (bicyclic) bond motifs is 1. The molecule has 5 nitrogen and oxygen atoms in total. The van der Waals surface area contributed by atoms with Gasteiger partial charge in [-0.05, 0) is 31.9 Å². The van der Waals surface area contributed by atoms with E-state index in [0.717, 1.165) is 36.4 Å². The normalized spacial score (nSPS) is 14.9. The summed E-state index contributed by atoms with van der Waals surface area (Å²) in [7, 11) is 1.61. The summed E-state index contributed by atoms with van der Waals surface area (Å²) in [5, 5.41) is 6.13. The Morgan fingerprint density at radius 2 is 2.35 bits per heavy atom. The van der Waals surface area contributed by atoms with E-state index < -0.39 is 6.10 Å². The van der Waals surface area contributed by atoms with Crippen molar-refractivity contribution in [1.29, 1.82) is 0 Å². The van der Waals surface area contributed by atoms with Crippen molar-refractivity contribution in [2.75, 3.05) is 32.1 Å². The van der Waals surface area contributed by atoms with Gasteiger partial charge in [-0.3, -0.25) is 4.79 Å². The van der Waals surface area contributed by atoms with Crippen molar-refractivity contribution >= 4 is 11.6 Å². The van der Waals surface area contributed by atoms with Gasteiger partial charge in [0.1, 0.15) is 5.75 Å². The monoisotopic (exact) mass is 278 g/mol. The van der Waals surface area contributed by atoms with Gasteiger partial charge in [0.05, 0.1) is 6.61 Å². The van der Waals surface area contributed by atoms with Gasteiger partial charge in [-0.2, -0.15) is 0 Å². The van der Waals surface area contributed by atoms with Gasteiger partial charge in [0, 0.05) is 31.5 Å². The molecule has 1 unspecified atom stereocenters. The highest BCUT2D eigenvalue weighted by molar-refractivity contribution is 5.80. The maximum absolute atomic E-state index is 11.9. The first-order valence-corrected chi connectivity index (χ1v) is 7.01. The van der Waals surface area contributed by atoms with E-state index in [1.165, 1.54) is 0 Å². The van der Waals surface area contributed by atoms with Crippen LogP contribution in [0.5, 0.6) is 5.75 Å². The van der Waals surface area contributed by atoms with Crippen molar-refractivity contribution in [3.05, 3.63) is 23.8 Å². The van der Waals surface area contributed by atoms with Crippen LogP contribution < -0.4 is 15.4 Å². The second kappa shape index (κ2) is 7.14. The molecular weight excluding hydrogens is 256 g/mol. The van der Waals surface area contributed by atoms with Crippen LogP contribution in [-0.2, 0) is 16.0 Å². The highest BCUT2D eigenvalue weighted by atomic mass is 16.5. The van der Waals surface area contributed by atoms with Crippen LogP contribution in [0.15, 0.2) is 18.2 Å². The summed E-state index contributed by atoms with van der Waals surface area (Å²) in [5.41, 5.74) is 2.27. The molecule has 2 rings (SSSR count). The molecule has 1 aromatic rings. The molecule has 1 atom stereocenters. The summed E-state index contributed by atoms with van der Waals surface area (Å²) in [6, 6.07) is 5.91. The van der Waals surface area contributed by atoms with Gasteiger partial charge in [0.25, 0.3) is 5.91 Å². The van der Waals surface area contributed by atoms with Gasteiger partial charge < -0.3 is 20.1 Å². The minimum Gasteiger partial charge on any atom is -0.481 e. The molecule has 0 spiro atoms. The number of ether oxygens (including phenoxy) is 2. The quantitative estimate of drug-likeness (QED) is 0.776. The molecule has 0 aromatic heterocycles. The molecule has 1 aliphatic heterocycles. The average molecular weight is 278 g/mol. The number of carbonyl (C=O) groups excluding carboxylic acids is 1. The van der Waals surface area contributed by atoms with Crippen LogP contribution in [0.3, 0.4) is 0 Å². The molecular formula is C15H22N2O3. The smallest absolute Gasteiger partial charge is 0.260 e. The van der Waals surface area contributed by atoms with Crippen LogP contribution in [0.2, 0.25) is 0 Å². The Morgan fingerprint density at radius 3 is 3.15 bits per heavy atom. The van der Waals surface area contributed by atoms with Crippen molar-refractivity contribution in [3.63, 3.8) is 0 Å². The standard InChI is InChI=1S/C15H22N2O3/c1-11(15(18)17-9-10-19-2)20-14-7-3-6-13-12(14)5-4-8-16-13/h3,6-7,11,16H,4-5,8-10H2,1-2H3,(H,17,18). The van der Waals surface area contributed by atoms with E-state index in [-0.39, 0.29) is 5.91 Å². The zero-order chi connectivity index (χ0) is 14.4. The highest BCUT2D eigenvalue weighted by Crippen LogP contribution is 2.31. The van der Waals surface area contributed by atoms with Crippen LogP contribution in [-0.4, -0.2) is 38.8 Å². The van der Waals surface area contributed by atoms with E-state index in [1.807, 2.05) is 18.2 Å². The number of amides is 1. The van der Waals surface area contributed by atoms with Crippen molar-refractivity contribution in [1.82, 2.24) is 5.32 Å². The predicted molar refractivity (Wildman–Crippen MR) is 78.2 cm³/mol. The summed E-state index contributed by atoms with van der Waals surface area (Å²) < 4.78 is 10.7. The molecule has 110 valence electrons. The fourth-order valence-electron chi connectivity index (χ4n) is 2.25. The third-order valence-corrected chi connectivity index (χ3v) is 3.33. The van der Waals surface area contributed by atoms with Crippen LogP contribution >= 0.6 is 0 Å². The maximum Gasteiger partial charge on any atom is 0.260 e. The maximum atomic E-state index is 11.9. The first-order chi connectivity index (χ1) is 9.72. The number of hydrogen-bond acceptors (Lipinski definition) is 4. The fourth-order valence-corrected chi connectivity index (χ4v) is 2.25. The lowest BCUT2D eigenvalue weighted by Gasteiger charge is -2.23. The molecule has 1 amide bonds. The van der Waals surface area contributed by atoms with E-state index in [9.17, 15) is 4.79 Å². The molecule has 0 fully saturated rings. The van der Waals surface area contributed by atoms with Gasteiger partial charge in [-0.25, -0.2) is 0 Å². The number of nitrogens with one attached hydrogen (secondary N) is 2. The van der Waals surface area contributed by atoms with E-state index in [1.54, 1.807) is 14.0 Å². The molecule has 20 heavy (non-hydrogen) atoms. The van der Waals surface area contributed by atoms with Gasteiger partial charge in [-0.15, -0.1) is 0 Å². The fraction of sp³-hybridized carbons (Fsp3) is 0.533. The minimum atomic E-state index is -0.514. The third kappa shape index (κ3) is 3.63. The highest BCUT2D eigenvalue weighted by Gasteiger charge is 2.18. The van der Waals surface area contributed by atoms with E-state index >= 15 is 0 Å². The Labute approximate surface area is 119 Å². The Hall–Kier alpha value is -1.75. The Morgan fingerprint density at radius 1 is 1.50 bits per heavy atom. The largest absolute Gasteiger partial charge is 0.481 e. The Kier molecular flexibility index (Phi) is 5.24. The van der Waals surface area contributed by atoms with Crippen molar-refractivity contribution in [2.45, 2.75) is 25.9 Å². The molecule has 0 saturated heterocycles. The Bertz CT molecular complexity index is 462. The Balaban J connectivity index is 1.97. The predicted octanol–water partition coefficient (Wildman–Crippen LogP) is 1.57. The number of benzene rings is 1. The third-order valence-electron chi connectivity index (χ3n) is 3.33. The molecule has 0 aliphatic carbocycles. The van der Waals surface area contributed by atoms with Crippen molar-refractivity contribution in [3.8, 4) is 5.75 Å². The van der Waals surface area contributed by atoms with Gasteiger partial charge in [-0.1, -0.05) is 6.07 Å². The molecule has 1 aromatic carbocycles. The van der Waals surface area contributed by atoms with Gasteiger partial charge in [0.2, 0.25) is 0 Å². The zero-order valence-electron chi connectivity index (χ0n) is 12.1. The summed E-state index contributed by atoms with van der Waals surface area (Å²) in [4.78, 5) is 11.9. The van der Waals surface area contributed by atoms with Crippen LogP contribution in [0.25, 0.3) is 0 Å². The molecule has 0 radical (unpaired) electrons. The first-order valence-electron chi connectivity index (χ1n) is 7.01. The lowest BCUT2D eigenvalue weighted by Crippen LogP contribution is -2.38. The molecule has 5 heteroatoms. The number of methoxy groups -OCH3 is 1. The number of anilines is 1. The molecule has 2 N–H and O–H groups in total. The van der Waals surface area contributed by atoms with Gasteiger partial charge >= 0.3 is 0 Å². The first kappa shape index (κ1) is 14.7. The van der Waals surface area contributed by atoms with E-state index in [0.29, 0.717) is 13.2 Å². The molecule has 0 saturated carbocycles. The molecule has 1 heterocycles. The summed E-state index contributed by atoms with van der Waals surface area (Å²) in [6.45, 7) is 3.75. The molecule has 0 bridgehead atoms. The van der Waals surface area contributed by atoms with Gasteiger partial charge in [0.15, 0.2) is 6.10 Å². The van der Waals surface area contributed by atoms with Crippen LogP contribution in [0.1, 0.15) is 18.9 Å². The lowest BCUT2D eigenvalue weighted by atomic mass is 10.0. The summed E-state index contributed by atoms with van der Waals surface area (Å²) in [5.74, 6) is 0.674. The number of rotatable bonds is 6. The van der Waals surface area contributed by atoms with Crippen LogP contribution in [0.4, 0.5) is 5.69 Å². The second-order valence-electron chi connectivity index (χ2n) is 4.86. The molecule has 1 aliphatic rings. The number of carbonyl (C=O) groups is 1. The minimum absolute atomic E-state index is 0.122. The number of hydrogen-bond donors (Lipinski definition) is 2. The van der Waals surface area contributed by atoms with Crippen molar-refractivity contribution in [2.24, 2.45) is 0 Å². The second-order valence-corrected chi connectivity index (χ2v) is 4.86. The topological polar surface area (TPSA) is 59.6 Å².